The van der Waals surface area contributed by atoms with Crippen molar-refractivity contribution in [3.05, 3.63) is 11.6 Å². The quantitative estimate of drug-likeness (QED) is 0.233. The number of carboxylic acid groups (broad SMARTS) is 1. The van der Waals surface area contributed by atoms with Crippen LogP contribution in [0.4, 0.5) is 0 Å². The maximum absolute atomic E-state index is 11.0. The standard InChI is InChI=1S/C11H20NO4P/c1-3-4-5-6-7-9(11(13)14)10(8(2)12)17(15)16/h7,10,12,15-16H,3-6H2,1-2H3,(H,13,14). The number of carbonyl (C=O) groups is 1. The van der Waals surface area contributed by atoms with Crippen LogP contribution < -0.4 is 0 Å². The van der Waals surface area contributed by atoms with Crippen LogP contribution in [0, 0.1) is 5.41 Å². The lowest BCUT2D eigenvalue weighted by atomic mass is 10.1. The van der Waals surface area contributed by atoms with E-state index in [1.54, 1.807) is 0 Å². The first-order chi connectivity index (χ1) is 7.91. The van der Waals surface area contributed by atoms with Gasteiger partial charge >= 0.3 is 5.97 Å². The van der Waals surface area contributed by atoms with Gasteiger partial charge in [0.25, 0.3) is 0 Å². The molecule has 5 nitrogen and oxygen atoms in total. The summed E-state index contributed by atoms with van der Waals surface area (Å²) in [6, 6.07) is 0. The normalized spacial score (nSPS) is 13.8. The largest absolute Gasteiger partial charge is 0.478 e. The molecule has 0 saturated heterocycles. The van der Waals surface area contributed by atoms with E-state index in [9.17, 15) is 14.6 Å². The van der Waals surface area contributed by atoms with E-state index < -0.39 is 20.0 Å². The Labute approximate surface area is 103 Å². The fraction of sp³-hybridized carbons (Fsp3) is 0.636. The molecule has 1 atom stereocenters. The molecule has 0 heterocycles. The van der Waals surface area contributed by atoms with Gasteiger partial charge in [-0.15, -0.1) is 0 Å². The lowest BCUT2D eigenvalue weighted by Gasteiger charge is -2.17. The Morgan fingerprint density at radius 3 is 2.35 bits per heavy atom. The van der Waals surface area contributed by atoms with Crippen LogP contribution in [0.5, 0.6) is 0 Å². The first-order valence-electron chi connectivity index (χ1n) is 5.57. The van der Waals surface area contributed by atoms with Gasteiger partial charge in [-0.3, -0.25) is 0 Å². The van der Waals surface area contributed by atoms with Gasteiger partial charge in [0.2, 0.25) is 0 Å². The molecule has 0 radical (unpaired) electrons. The summed E-state index contributed by atoms with van der Waals surface area (Å²) in [7, 11) is -2.47. The van der Waals surface area contributed by atoms with Crippen LogP contribution in [0.3, 0.4) is 0 Å². The van der Waals surface area contributed by atoms with Gasteiger partial charge in [0.15, 0.2) is 8.38 Å². The van der Waals surface area contributed by atoms with E-state index in [1.807, 2.05) is 6.92 Å². The maximum Gasteiger partial charge on any atom is 0.332 e. The first-order valence-corrected chi connectivity index (χ1v) is 6.88. The Hall–Kier alpha value is -0.770. The number of hydrogen-bond acceptors (Lipinski definition) is 4. The molecule has 0 saturated carbocycles. The molecule has 4 N–H and O–H groups in total. The van der Waals surface area contributed by atoms with Gasteiger partial charge in [-0.2, -0.15) is 0 Å². The summed E-state index contributed by atoms with van der Waals surface area (Å²) < 4.78 is 0. The Morgan fingerprint density at radius 2 is 2.00 bits per heavy atom. The third kappa shape index (κ3) is 5.91. The van der Waals surface area contributed by atoms with Crippen molar-refractivity contribution in [1.29, 1.82) is 5.41 Å². The smallest absolute Gasteiger partial charge is 0.332 e. The zero-order valence-corrected chi connectivity index (χ0v) is 11.1. The van der Waals surface area contributed by atoms with E-state index in [2.05, 4.69) is 0 Å². The molecule has 0 amide bonds. The number of aliphatic carboxylic acids is 1. The number of carboxylic acids is 1. The molecule has 0 aliphatic rings. The fourth-order valence-corrected chi connectivity index (χ4v) is 2.31. The monoisotopic (exact) mass is 261 g/mol. The minimum atomic E-state index is -2.47. The Morgan fingerprint density at radius 1 is 1.41 bits per heavy atom. The summed E-state index contributed by atoms with van der Waals surface area (Å²) in [4.78, 5) is 29.4. The molecule has 0 aromatic carbocycles. The van der Waals surface area contributed by atoms with Crippen LogP contribution in [0.2, 0.25) is 0 Å². The minimum Gasteiger partial charge on any atom is -0.478 e. The average molecular weight is 261 g/mol. The highest BCUT2D eigenvalue weighted by molar-refractivity contribution is 7.47. The van der Waals surface area contributed by atoms with Gasteiger partial charge in [-0.25, -0.2) is 4.79 Å². The lowest BCUT2D eigenvalue weighted by molar-refractivity contribution is -0.132. The molecule has 0 bridgehead atoms. The lowest BCUT2D eigenvalue weighted by Crippen LogP contribution is -2.23. The second-order valence-electron chi connectivity index (χ2n) is 3.87. The van der Waals surface area contributed by atoms with Crippen molar-refractivity contribution in [2.45, 2.75) is 45.2 Å². The average Bonchev–Trinajstić information content (AvgIpc) is 2.20. The molecular formula is C11H20NO4P. The number of hydrogen-bond donors (Lipinski definition) is 4. The Bertz CT molecular complexity index is 302. The van der Waals surface area contributed by atoms with Gasteiger partial charge < -0.3 is 20.3 Å². The molecule has 6 heteroatoms. The molecule has 17 heavy (non-hydrogen) atoms. The number of unbranched alkanes of at least 4 members (excludes halogenated alkanes) is 3. The van der Waals surface area contributed by atoms with Crippen molar-refractivity contribution in [1.82, 2.24) is 0 Å². The second kappa shape index (κ2) is 8.34. The van der Waals surface area contributed by atoms with Crippen LogP contribution in [0.1, 0.15) is 39.5 Å². The summed E-state index contributed by atoms with van der Waals surface area (Å²) in [6.07, 6.45) is 5.00. The van der Waals surface area contributed by atoms with Crippen molar-refractivity contribution < 1.29 is 19.7 Å². The van der Waals surface area contributed by atoms with Crippen molar-refractivity contribution >= 4 is 20.1 Å². The summed E-state index contributed by atoms with van der Waals surface area (Å²) in [5.41, 5.74) is -1.20. The van der Waals surface area contributed by atoms with Crippen molar-refractivity contribution in [2.24, 2.45) is 0 Å². The van der Waals surface area contributed by atoms with Gasteiger partial charge in [0, 0.05) is 5.71 Å². The highest BCUT2D eigenvalue weighted by atomic mass is 31.2. The van der Waals surface area contributed by atoms with Gasteiger partial charge in [-0.05, 0) is 19.8 Å². The van der Waals surface area contributed by atoms with Crippen LogP contribution in [0.15, 0.2) is 11.6 Å². The predicted octanol–water partition coefficient (Wildman–Crippen LogP) is 2.28. The molecule has 0 fully saturated rings. The fourth-order valence-electron chi connectivity index (χ4n) is 1.50. The zero-order valence-electron chi connectivity index (χ0n) is 10.2. The van der Waals surface area contributed by atoms with Crippen LogP contribution in [-0.4, -0.2) is 32.2 Å². The predicted molar refractivity (Wildman–Crippen MR) is 68.4 cm³/mol. The van der Waals surface area contributed by atoms with E-state index in [-0.39, 0.29) is 11.3 Å². The summed E-state index contributed by atoms with van der Waals surface area (Å²) in [5, 5.41) is 16.4. The second-order valence-corrected chi connectivity index (χ2v) is 5.02. The third-order valence-corrected chi connectivity index (χ3v) is 3.48. The van der Waals surface area contributed by atoms with Gasteiger partial charge in [0.1, 0.15) is 0 Å². The Balaban J connectivity index is 4.80. The van der Waals surface area contributed by atoms with E-state index in [0.29, 0.717) is 6.42 Å². The van der Waals surface area contributed by atoms with E-state index in [4.69, 9.17) is 10.5 Å². The molecule has 0 aliphatic carbocycles. The minimum absolute atomic E-state index is 0.0368. The SMILES string of the molecule is CCCCCC=C(C(=O)O)C(C(C)=N)P(O)O. The third-order valence-electron chi connectivity index (χ3n) is 2.35. The number of allylic oxidation sites excluding steroid dienone is 1. The van der Waals surface area contributed by atoms with Crippen molar-refractivity contribution in [3.63, 3.8) is 0 Å². The molecule has 1 unspecified atom stereocenters. The van der Waals surface area contributed by atoms with E-state index in [0.717, 1.165) is 19.3 Å². The van der Waals surface area contributed by atoms with Gasteiger partial charge in [0.05, 0.1) is 11.2 Å². The summed E-state index contributed by atoms with van der Waals surface area (Å²) in [6.45, 7) is 3.43. The zero-order chi connectivity index (χ0) is 13.4. The Kier molecular flexibility index (Phi) is 7.96. The first kappa shape index (κ1) is 16.2. The number of rotatable bonds is 8. The number of nitrogens with one attached hydrogen (secondary N) is 1. The molecule has 0 aromatic rings. The van der Waals surface area contributed by atoms with Crippen LogP contribution in [0.25, 0.3) is 0 Å². The summed E-state index contributed by atoms with van der Waals surface area (Å²) in [5.74, 6) is -1.19. The molecule has 0 aliphatic heterocycles. The molecule has 98 valence electrons. The van der Waals surface area contributed by atoms with E-state index >= 15 is 0 Å². The van der Waals surface area contributed by atoms with Crippen molar-refractivity contribution in [3.8, 4) is 0 Å². The molecule has 0 aromatic heterocycles. The highest BCUT2D eigenvalue weighted by Gasteiger charge is 2.28. The molecule has 0 spiro atoms. The van der Waals surface area contributed by atoms with Crippen LogP contribution >= 0.6 is 8.38 Å². The van der Waals surface area contributed by atoms with Crippen LogP contribution in [-0.2, 0) is 4.79 Å². The van der Waals surface area contributed by atoms with Gasteiger partial charge in [-0.1, -0.05) is 25.8 Å². The van der Waals surface area contributed by atoms with Crippen molar-refractivity contribution in [2.75, 3.05) is 0 Å². The molecular weight excluding hydrogens is 241 g/mol. The highest BCUT2D eigenvalue weighted by Crippen LogP contribution is 2.37. The summed E-state index contributed by atoms with van der Waals surface area (Å²) >= 11 is 0. The molecule has 0 rings (SSSR count). The maximum atomic E-state index is 11.0. The van der Waals surface area contributed by atoms with E-state index in [1.165, 1.54) is 13.0 Å². The topological polar surface area (TPSA) is 102 Å².